The first kappa shape index (κ1) is 13.1. The average molecular weight is 330 g/mol. The van der Waals surface area contributed by atoms with Gasteiger partial charge in [0.15, 0.2) is 0 Å². The molecule has 0 saturated heterocycles. The molecule has 0 unspecified atom stereocenters. The lowest BCUT2D eigenvalue weighted by Crippen LogP contribution is -2.23. The quantitative estimate of drug-likeness (QED) is 0.702. The van der Waals surface area contributed by atoms with E-state index in [0.29, 0.717) is 4.57 Å². The van der Waals surface area contributed by atoms with Crippen molar-refractivity contribution in [1.82, 2.24) is 29.3 Å². The zero-order valence-electron chi connectivity index (χ0n) is 12.2. The molecule has 11 heteroatoms. The highest BCUT2D eigenvalue weighted by Crippen LogP contribution is 2.23. The number of alkyl halides is 2. The van der Waals surface area contributed by atoms with Crippen LogP contribution in [-0.4, -0.2) is 29.3 Å². The summed E-state index contributed by atoms with van der Waals surface area (Å²) in [4.78, 5) is 15.7. The predicted molar refractivity (Wildman–Crippen MR) is 72.3 cm³/mol. The summed E-state index contributed by atoms with van der Waals surface area (Å²) in [5, 5.41) is 8.82. The van der Waals surface area contributed by atoms with E-state index in [2.05, 4.69) is 15.4 Å². The molecular weight excluding hydrogens is 318 g/mol. The van der Waals surface area contributed by atoms with Crippen molar-refractivity contribution in [3.63, 3.8) is 0 Å². The van der Waals surface area contributed by atoms with E-state index in [-0.39, 0.29) is 29.4 Å². The average Bonchev–Trinajstić information content (AvgIpc) is 3.18. The second kappa shape index (κ2) is 5.67. The number of hydrogen-bond acceptors (Lipinski definition) is 6. The first-order chi connectivity index (χ1) is 11.0. The molecule has 0 aliphatic rings. The lowest BCUT2D eigenvalue weighted by Gasteiger charge is -2.10. The van der Waals surface area contributed by atoms with Crippen LogP contribution in [0.4, 0.5) is 8.78 Å². The third-order valence-corrected chi connectivity index (χ3v) is 3.50. The van der Waals surface area contributed by atoms with Crippen molar-refractivity contribution in [3.8, 4) is 10.9 Å². The maximum absolute atomic E-state index is 13.1. The number of nitrogens with zero attached hydrogens (tertiary/aromatic N) is 6. The second-order valence-electron chi connectivity index (χ2n) is 4.16. The van der Waals surface area contributed by atoms with E-state index in [9.17, 15) is 13.6 Å². The Balaban J connectivity index is 1.97. The molecule has 0 bridgehead atoms. The van der Waals surface area contributed by atoms with Gasteiger partial charge in [0.1, 0.15) is 6.61 Å². The van der Waals surface area contributed by atoms with Gasteiger partial charge in [-0.25, -0.2) is 9.78 Å². The number of aromatic nitrogens is 6. The van der Waals surface area contributed by atoms with Gasteiger partial charge in [-0.2, -0.15) is 18.1 Å². The first-order valence-corrected chi connectivity index (χ1v) is 6.87. The summed E-state index contributed by atoms with van der Waals surface area (Å²) in [5.41, 5.74) is -0.378. The van der Waals surface area contributed by atoms with E-state index in [1.807, 2.05) is 0 Å². The molecule has 0 radical (unpaired) electrons. The highest BCUT2D eigenvalue weighted by Gasteiger charge is 2.20. The van der Waals surface area contributed by atoms with E-state index in [1.54, 1.807) is 0 Å². The number of hydrogen-bond donors (Lipinski definition) is 0. The van der Waals surface area contributed by atoms with E-state index in [4.69, 9.17) is 6.11 Å². The Morgan fingerprint density at radius 3 is 2.91 bits per heavy atom. The summed E-state index contributed by atoms with van der Waals surface area (Å²) in [5.74, 6) is 0. The van der Waals surface area contributed by atoms with Crippen molar-refractivity contribution in [3.05, 3.63) is 40.0 Å². The summed E-state index contributed by atoms with van der Waals surface area (Å²) in [6.07, 6.45) is 1.16. The number of ether oxygens (including phenoxy) is 1. The van der Waals surface area contributed by atoms with Crippen molar-refractivity contribution in [2.24, 2.45) is 7.05 Å². The van der Waals surface area contributed by atoms with Gasteiger partial charge in [-0.05, 0) is 16.5 Å². The van der Waals surface area contributed by atoms with Crippen molar-refractivity contribution in [1.29, 1.82) is 0 Å². The van der Waals surface area contributed by atoms with E-state index >= 15 is 0 Å². The number of tetrazole rings is 1. The molecule has 0 N–H and O–H groups in total. The SMILES string of the molecule is [3H]c1csc(OCc2c(-n3nnn(C)c3=O)ccn2C(F)F)n1. The topological polar surface area (TPSA) is 79.8 Å². The molecule has 3 rings (SSSR count). The number of aryl methyl sites for hydroxylation is 1. The minimum Gasteiger partial charge on any atom is -0.464 e. The van der Waals surface area contributed by atoms with Gasteiger partial charge in [0.2, 0.25) is 0 Å². The van der Waals surface area contributed by atoms with Crippen LogP contribution >= 0.6 is 11.3 Å². The molecule has 8 nitrogen and oxygen atoms in total. The maximum Gasteiger partial charge on any atom is 0.368 e. The molecule has 3 aromatic heterocycles. The van der Waals surface area contributed by atoms with Crippen LogP contribution < -0.4 is 10.4 Å². The van der Waals surface area contributed by atoms with Crippen LogP contribution in [0.5, 0.6) is 5.19 Å². The lowest BCUT2D eigenvalue weighted by molar-refractivity contribution is 0.0642. The Kier molecular flexibility index (Phi) is 3.39. The van der Waals surface area contributed by atoms with Crippen LogP contribution in [0.1, 0.15) is 13.6 Å². The normalized spacial score (nSPS) is 11.9. The Labute approximate surface area is 127 Å². The summed E-state index contributed by atoms with van der Waals surface area (Å²) in [6.45, 7) is -3.07. The molecule has 0 aliphatic carbocycles. The lowest BCUT2D eigenvalue weighted by atomic mass is 10.4. The van der Waals surface area contributed by atoms with Gasteiger partial charge in [0, 0.05) is 24.8 Å². The fourth-order valence-corrected chi connectivity index (χ4v) is 2.28. The third-order valence-electron chi connectivity index (χ3n) is 2.86. The third kappa shape index (κ3) is 2.50. The zero-order chi connectivity index (χ0) is 16.6. The van der Waals surface area contributed by atoms with E-state index < -0.39 is 12.2 Å². The summed E-state index contributed by atoms with van der Waals surface area (Å²) in [6, 6.07) is 1.33. The molecule has 0 aromatic carbocycles. The standard InChI is InChI=1S/C11H10F2N6O2S/c1-17-11(20)19(16-15-17)7-2-4-18(9(12)13)8(7)6-21-10-14-3-5-22-10/h2-5,9H,6H2,1H3/i3T. The molecule has 0 amide bonds. The van der Waals surface area contributed by atoms with Crippen molar-refractivity contribution >= 4 is 11.3 Å². The highest BCUT2D eigenvalue weighted by atomic mass is 32.1. The molecule has 22 heavy (non-hydrogen) atoms. The van der Waals surface area contributed by atoms with Crippen LogP contribution in [0.2, 0.25) is 0 Å². The smallest absolute Gasteiger partial charge is 0.368 e. The molecule has 3 heterocycles. The summed E-state index contributed by atoms with van der Waals surface area (Å²) < 4.78 is 41.5. The molecule has 0 fully saturated rings. The minimum atomic E-state index is -2.81. The van der Waals surface area contributed by atoms with Crippen LogP contribution in [0.25, 0.3) is 5.69 Å². The van der Waals surface area contributed by atoms with Crippen LogP contribution in [0.15, 0.2) is 28.6 Å². The fourth-order valence-electron chi connectivity index (χ4n) is 1.84. The Bertz CT molecular complexity index is 885. The minimum absolute atomic E-state index is 0.0274. The van der Waals surface area contributed by atoms with Gasteiger partial charge >= 0.3 is 12.2 Å². The molecular formula is C11H10F2N6O2S. The first-order valence-electron chi connectivity index (χ1n) is 6.49. The number of thiazole rings is 1. The number of rotatable bonds is 5. The monoisotopic (exact) mass is 330 g/mol. The Morgan fingerprint density at radius 1 is 1.50 bits per heavy atom. The van der Waals surface area contributed by atoms with Crippen molar-refractivity contribution in [2.75, 3.05) is 0 Å². The molecule has 0 aliphatic heterocycles. The zero-order valence-corrected chi connectivity index (χ0v) is 12.0. The van der Waals surface area contributed by atoms with Gasteiger partial charge in [-0.15, -0.1) is 0 Å². The highest BCUT2D eigenvalue weighted by molar-refractivity contribution is 7.11. The van der Waals surface area contributed by atoms with Crippen LogP contribution in [0, 0.1) is 0 Å². The van der Waals surface area contributed by atoms with Gasteiger partial charge in [-0.3, -0.25) is 4.57 Å². The van der Waals surface area contributed by atoms with E-state index in [0.717, 1.165) is 26.9 Å². The number of halogens is 2. The molecule has 116 valence electrons. The second-order valence-corrected chi connectivity index (χ2v) is 4.98. The van der Waals surface area contributed by atoms with Crippen LogP contribution in [-0.2, 0) is 13.7 Å². The molecule has 0 saturated carbocycles. The molecule has 0 spiro atoms. The maximum atomic E-state index is 13.1. The van der Waals surface area contributed by atoms with Gasteiger partial charge in [-0.1, -0.05) is 11.3 Å². The fraction of sp³-hybridized carbons (Fsp3) is 0.273. The van der Waals surface area contributed by atoms with Crippen LogP contribution in [0.3, 0.4) is 0 Å². The molecule has 0 atom stereocenters. The van der Waals surface area contributed by atoms with Gasteiger partial charge < -0.3 is 4.74 Å². The largest absolute Gasteiger partial charge is 0.464 e. The Hall–Kier alpha value is -2.56. The Morgan fingerprint density at radius 2 is 2.32 bits per heavy atom. The predicted octanol–water partition coefficient (Wildman–Crippen LogP) is 1.20. The van der Waals surface area contributed by atoms with Gasteiger partial charge in [0.05, 0.1) is 12.8 Å². The summed E-state index contributed by atoms with van der Waals surface area (Å²) >= 11 is 1.08. The summed E-state index contributed by atoms with van der Waals surface area (Å²) in [7, 11) is 1.40. The van der Waals surface area contributed by atoms with Crippen molar-refractivity contribution in [2.45, 2.75) is 13.2 Å². The molecule has 3 aromatic rings. The van der Waals surface area contributed by atoms with Crippen molar-refractivity contribution < 1.29 is 14.9 Å². The van der Waals surface area contributed by atoms with Gasteiger partial charge in [0.25, 0.3) is 5.19 Å². The van der Waals surface area contributed by atoms with E-state index in [1.165, 1.54) is 18.5 Å².